The molecule has 3 aromatic rings. The number of methoxy groups -OCH3 is 1. The molecule has 1 heterocycles. The van der Waals surface area contributed by atoms with Gasteiger partial charge in [0.1, 0.15) is 18.1 Å². The first-order valence-corrected chi connectivity index (χ1v) is 8.65. The minimum absolute atomic E-state index is 0.220. The molecule has 28 heavy (non-hydrogen) atoms. The van der Waals surface area contributed by atoms with Gasteiger partial charge in [-0.1, -0.05) is 6.07 Å². The van der Waals surface area contributed by atoms with Crippen LogP contribution in [0.4, 0.5) is 5.69 Å². The van der Waals surface area contributed by atoms with Gasteiger partial charge < -0.3 is 24.5 Å². The van der Waals surface area contributed by atoms with E-state index in [4.69, 9.17) is 13.9 Å². The molecule has 0 aliphatic rings. The number of hydrogen-bond donors (Lipinski definition) is 2. The van der Waals surface area contributed by atoms with Crippen molar-refractivity contribution in [3.63, 3.8) is 0 Å². The van der Waals surface area contributed by atoms with Crippen LogP contribution in [0.2, 0.25) is 0 Å². The first-order chi connectivity index (χ1) is 13.7. The summed E-state index contributed by atoms with van der Waals surface area (Å²) in [5.74, 6) is 1.03. The van der Waals surface area contributed by atoms with Crippen LogP contribution in [0.15, 0.2) is 71.3 Å². The highest BCUT2D eigenvalue weighted by Gasteiger charge is 2.10. The molecule has 0 saturated carbocycles. The summed E-state index contributed by atoms with van der Waals surface area (Å²) in [5, 5.41) is 5.48. The Morgan fingerprint density at radius 3 is 2.46 bits per heavy atom. The summed E-state index contributed by atoms with van der Waals surface area (Å²) in [7, 11) is 1.59. The third kappa shape index (κ3) is 5.14. The van der Waals surface area contributed by atoms with Gasteiger partial charge in [-0.05, 0) is 48.5 Å². The Balaban J connectivity index is 1.44. The highest BCUT2D eigenvalue weighted by Crippen LogP contribution is 2.18. The molecule has 0 radical (unpaired) electrons. The van der Waals surface area contributed by atoms with Gasteiger partial charge in [-0.3, -0.25) is 9.59 Å². The SMILES string of the molecule is COc1cccc(OCCNC(=O)c2ccc(NC(=O)c3ccco3)cc2)c1. The molecule has 2 aromatic carbocycles. The Bertz CT molecular complexity index is 920. The monoisotopic (exact) mass is 380 g/mol. The van der Waals surface area contributed by atoms with Crippen molar-refractivity contribution in [2.75, 3.05) is 25.6 Å². The maximum absolute atomic E-state index is 12.2. The van der Waals surface area contributed by atoms with Gasteiger partial charge in [0.2, 0.25) is 0 Å². The lowest BCUT2D eigenvalue weighted by atomic mass is 10.2. The standard InChI is InChI=1S/C21H20N2O5/c1-26-17-4-2-5-18(14-17)27-13-11-22-20(24)15-7-9-16(10-8-15)23-21(25)19-6-3-12-28-19/h2-10,12,14H,11,13H2,1H3,(H,22,24)(H,23,25). The second-order valence-electron chi connectivity index (χ2n) is 5.79. The number of carbonyl (C=O) groups is 2. The normalized spacial score (nSPS) is 10.2. The van der Waals surface area contributed by atoms with Gasteiger partial charge in [0.05, 0.1) is 19.9 Å². The molecular formula is C21H20N2O5. The summed E-state index contributed by atoms with van der Waals surface area (Å²) in [6.45, 7) is 0.684. The third-order valence-corrected chi connectivity index (χ3v) is 3.85. The number of rotatable bonds is 8. The molecule has 0 atom stereocenters. The lowest BCUT2D eigenvalue weighted by molar-refractivity contribution is 0.0946. The molecule has 0 fully saturated rings. The Hall–Kier alpha value is -3.74. The van der Waals surface area contributed by atoms with E-state index in [-0.39, 0.29) is 17.6 Å². The summed E-state index contributed by atoms with van der Waals surface area (Å²) in [4.78, 5) is 24.1. The molecule has 7 heteroatoms. The number of anilines is 1. The van der Waals surface area contributed by atoms with Crippen LogP contribution in [0.25, 0.3) is 0 Å². The van der Waals surface area contributed by atoms with Crippen LogP contribution in [0.5, 0.6) is 11.5 Å². The minimum Gasteiger partial charge on any atom is -0.497 e. The molecule has 0 saturated heterocycles. The van der Waals surface area contributed by atoms with Gasteiger partial charge in [-0.25, -0.2) is 0 Å². The molecular weight excluding hydrogens is 360 g/mol. The summed E-state index contributed by atoms with van der Waals surface area (Å²) in [6.07, 6.45) is 1.43. The zero-order valence-electron chi connectivity index (χ0n) is 15.3. The highest BCUT2D eigenvalue weighted by molar-refractivity contribution is 6.02. The molecule has 0 unspecified atom stereocenters. The average Bonchev–Trinajstić information content (AvgIpc) is 3.27. The Kier molecular flexibility index (Phi) is 6.30. The number of amides is 2. The van der Waals surface area contributed by atoms with E-state index >= 15 is 0 Å². The second-order valence-corrected chi connectivity index (χ2v) is 5.79. The Morgan fingerprint density at radius 2 is 1.75 bits per heavy atom. The number of benzene rings is 2. The van der Waals surface area contributed by atoms with Crippen molar-refractivity contribution < 1.29 is 23.5 Å². The summed E-state index contributed by atoms with van der Waals surface area (Å²) >= 11 is 0. The fourth-order valence-electron chi connectivity index (χ4n) is 2.43. The van der Waals surface area contributed by atoms with Crippen molar-refractivity contribution in [3.05, 3.63) is 78.3 Å². The van der Waals surface area contributed by atoms with Crippen LogP contribution in [0.3, 0.4) is 0 Å². The second kappa shape index (κ2) is 9.27. The van der Waals surface area contributed by atoms with Crippen LogP contribution in [0, 0.1) is 0 Å². The fraction of sp³-hybridized carbons (Fsp3) is 0.143. The van der Waals surface area contributed by atoms with E-state index < -0.39 is 0 Å². The maximum Gasteiger partial charge on any atom is 0.291 e. The summed E-state index contributed by atoms with van der Waals surface area (Å²) in [5.41, 5.74) is 1.05. The van der Waals surface area contributed by atoms with Gasteiger partial charge in [0.15, 0.2) is 5.76 Å². The van der Waals surface area contributed by atoms with E-state index in [9.17, 15) is 9.59 Å². The van der Waals surface area contributed by atoms with Crippen LogP contribution in [-0.4, -0.2) is 32.1 Å². The molecule has 1 aromatic heterocycles. The quantitative estimate of drug-likeness (QED) is 0.585. The molecule has 3 rings (SSSR count). The Labute approximate surface area is 162 Å². The van der Waals surface area contributed by atoms with Crippen molar-refractivity contribution in [2.45, 2.75) is 0 Å². The number of furan rings is 1. The van der Waals surface area contributed by atoms with Crippen molar-refractivity contribution >= 4 is 17.5 Å². The number of carbonyl (C=O) groups excluding carboxylic acids is 2. The minimum atomic E-state index is -0.350. The van der Waals surface area contributed by atoms with Crippen LogP contribution in [-0.2, 0) is 0 Å². The van der Waals surface area contributed by atoms with E-state index in [1.807, 2.05) is 18.2 Å². The molecule has 0 bridgehead atoms. The first kappa shape index (κ1) is 19.0. The van der Waals surface area contributed by atoms with Gasteiger partial charge in [-0.2, -0.15) is 0 Å². The molecule has 7 nitrogen and oxygen atoms in total. The van der Waals surface area contributed by atoms with Crippen LogP contribution < -0.4 is 20.1 Å². The molecule has 0 aliphatic carbocycles. The van der Waals surface area contributed by atoms with Crippen LogP contribution in [0.1, 0.15) is 20.9 Å². The van der Waals surface area contributed by atoms with Crippen molar-refractivity contribution in [3.8, 4) is 11.5 Å². The third-order valence-electron chi connectivity index (χ3n) is 3.85. The van der Waals surface area contributed by atoms with Gasteiger partial charge in [0.25, 0.3) is 11.8 Å². The Morgan fingerprint density at radius 1 is 0.964 bits per heavy atom. The van der Waals surface area contributed by atoms with E-state index in [1.54, 1.807) is 49.6 Å². The first-order valence-electron chi connectivity index (χ1n) is 8.65. The zero-order chi connectivity index (χ0) is 19.8. The summed E-state index contributed by atoms with van der Waals surface area (Å²) < 4.78 is 15.7. The smallest absolute Gasteiger partial charge is 0.291 e. The largest absolute Gasteiger partial charge is 0.497 e. The van der Waals surface area contributed by atoms with E-state index in [0.29, 0.717) is 35.9 Å². The lowest BCUT2D eigenvalue weighted by Gasteiger charge is -2.09. The topological polar surface area (TPSA) is 89.8 Å². The number of nitrogens with one attached hydrogen (secondary N) is 2. The lowest BCUT2D eigenvalue weighted by Crippen LogP contribution is -2.28. The van der Waals surface area contributed by atoms with Gasteiger partial charge in [0, 0.05) is 17.3 Å². The zero-order valence-corrected chi connectivity index (χ0v) is 15.3. The molecule has 0 spiro atoms. The van der Waals surface area contributed by atoms with Crippen molar-refractivity contribution in [2.24, 2.45) is 0 Å². The average molecular weight is 380 g/mol. The highest BCUT2D eigenvalue weighted by atomic mass is 16.5. The van der Waals surface area contributed by atoms with E-state index in [1.165, 1.54) is 6.26 Å². The van der Waals surface area contributed by atoms with E-state index in [0.717, 1.165) is 0 Å². The molecule has 144 valence electrons. The van der Waals surface area contributed by atoms with Crippen LogP contribution >= 0.6 is 0 Å². The number of ether oxygens (including phenoxy) is 2. The fourth-order valence-corrected chi connectivity index (χ4v) is 2.43. The van der Waals surface area contributed by atoms with Gasteiger partial charge in [-0.15, -0.1) is 0 Å². The van der Waals surface area contributed by atoms with Crippen molar-refractivity contribution in [1.82, 2.24) is 5.32 Å². The molecule has 2 N–H and O–H groups in total. The van der Waals surface area contributed by atoms with E-state index in [2.05, 4.69) is 10.6 Å². The summed E-state index contributed by atoms with van der Waals surface area (Å²) in [6, 6.07) is 17.0. The van der Waals surface area contributed by atoms with Gasteiger partial charge >= 0.3 is 0 Å². The maximum atomic E-state index is 12.2. The molecule has 2 amide bonds. The number of hydrogen-bond acceptors (Lipinski definition) is 5. The van der Waals surface area contributed by atoms with Crippen molar-refractivity contribution in [1.29, 1.82) is 0 Å². The molecule has 0 aliphatic heterocycles. The predicted molar refractivity (Wildman–Crippen MR) is 104 cm³/mol. The predicted octanol–water partition coefficient (Wildman–Crippen LogP) is 3.35.